The van der Waals surface area contributed by atoms with E-state index in [9.17, 15) is 24.0 Å². The van der Waals surface area contributed by atoms with Crippen molar-refractivity contribution >= 4 is 35.3 Å². The second kappa shape index (κ2) is 13.4. The maximum absolute atomic E-state index is 13.9. The van der Waals surface area contributed by atoms with E-state index in [4.69, 9.17) is 10.5 Å². The van der Waals surface area contributed by atoms with Crippen LogP contribution in [0.4, 0.5) is 5.69 Å². The zero-order chi connectivity index (χ0) is 29.4. The van der Waals surface area contributed by atoms with Crippen molar-refractivity contribution in [1.29, 1.82) is 0 Å². The van der Waals surface area contributed by atoms with Gasteiger partial charge in [0.2, 0.25) is 17.7 Å². The Morgan fingerprint density at radius 3 is 2.17 bits per heavy atom. The number of esters is 1. The lowest BCUT2D eigenvalue weighted by molar-refractivity contribution is -0.156. The Bertz CT molecular complexity index is 1410. The number of amides is 4. The smallest absolute Gasteiger partial charge is 0.329 e. The van der Waals surface area contributed by atoms with Crippen LogP contribution in [0.15, 0.2) is 84.9 Å². The summed E-state index contributed by atoms with van der Waals surface area (Å²) in [7, 11) is 0. The number of nitrogens with zero attached hydrogens (tertiary/aromatic N) is 2. The number of nitrogens with one attached hydrogen (secondary N) is 1. The van der Waals surface area contributed by atoms with Gasteiger partial charge in [0.25, 0.3) is 5.91 Å². The van der Waals surface area contributed by atoms with Crippen molar-refractivity contribution in [3.63, 3.8) is 0 Å². The van der Waals surface area contributed by atoms with E-state index >= 15 is 0 Å². The van der Waals surface area contributed by atoms with Crippen molar-refractivity contribution in [3.8, 4) is 0 Å². The fourth-order valence-corrected chi connectivity index (χ4v) is 4.83. The molecule has 3 N–H and O–H groups in total. The molecule has 4 amide bonds. The highest BCUT2D eigenvalue weighted by molar-refractivity contribution is 6.11. The summed E-state index contributed by atoms with van der Waals surface area (Å²) < 4.78 is 5.25. The Kier molecular flexibility index (Phi) is 9.47. The van der Waals surface area contributed by atoms with Crippen molar-refractivity contribution in [3.05, 3.63) is 102 Å². The number of nitrogens with two attached hydrogens (primary N) is 1. The summed E-state index contributed by atoms with van der Waals surface area (Å²) in [6.45, 7) is 0.542. The molecule has 2 atom stereocenters. The lowest BCUT2D eigenvalue weighted by Gasteiger charge is -2.33. The van der Waals surface area contributed by atoms with Gasteiger partial charge in [0.1, 0.15) is 25.2 Å². The number of fused-ring (bicyclic) bond motifs is 1. The lowest BCUT2D eigenvalue weighted by Crippen LogP contribution is -2.56. The van der Waals surface area contributed by atoms with Gasteiger partial charge in [-0.2, -0.15) is 0 Å². The first-order chi connectivity index (χ1) is 19.8. The zero-order valence-corrected chi connectivity index (χ0v) is 22.7. The molecule has 0 unspecified atom stereocenters. The third-order valence-corrected chi connectivity index (χ3v) is 6.79. The van der Waals surface area contributed by atoms with Crippen molar-refractivity contribution in [2.45, 2.75) is 31.8 Å². The van der Waals surface area contributed by atoms with Crippen molar-refractivity contribution < 1.29 is 28.7 Å². The van der Waals surface area contributed by atoms with Gasteiger partial charge in [-0.3, -0.25) is 19.2 Å². The Balaban J connectivity index is 1.71. The molecule has 0 saturated heterocycles. The van der Waals surface area contributed by atoms with E-state index in [1.165, 1.54) is 4.90 Å². The molecule has 10 heteroatoms. The number of rotatable bonds is 11. The fraction of sp³-hybridized carbons (Fsp3) is 0.258. The van der Waals surface area contributed by atoms with Crippen LogP contribution < -0.4 is 11.1 Å². The van der Waals surface area contributed by atoms with Crippen LogP contribution in [0.3, 0.4) is 0 Å². The number of benzene rings is 3. The molecular weight excluding hydrogens is 524 g/mol. The second-order valence-corrected chi connectivity index (χ2v) is 9.62. The summed E-state index contributed by atoms with van der Waals surface area (Å²) >= 11 is 0. The molecule has 1 aliphatic heterocycles. The minimum absolute atomic E-state index is 0.0589. The van der Waals surface area contributed by atoms with E-state index in [-0.39, 0.29) is 25.0 Å². The first-order valence-electron chi connectivity index (χ1n) is 13.3. The van der Waals surface area contributed by atoms with Gasteiger partial charge < -0.3 is 25.6 Å². The van der Waals surface area contributed by atoms with E-state index in [2.05, 4.69) is 5.32 Å². The predicted octanol–water partition coefficient (Wildman–Crippen LogP) is 2.18. The van der Waals surface area contributed by atoms with Gasteiger partial charge in [-0.25, -0.2) is 4.79 Å². The Morgan fingerprint density at radius 2 is 1.54 bits per heavy atom. The molecular formula is C31H32N4O6. The minimum atomic E-state index is -1.19. The average Bonchev–Trinajstić information content (AvgIpc) is 3.06. The number of anilines is 1. The highest BCUT2D eigenvalue weighted by Crippen LogP contribution is 2.25. The molecule has 41 heavy (non-hydrogen) atoms. The first-order valence-corrected chi connectivity index (χ1v) is 13.3. The topological polar surface area (TPSA) is 139 Å². The summed E-state index contributed by atoms with van der Waals surface area (Å²) in [6, 6.07) is 22.4. The summed E-state index contributed by atoms with van der Waals surface area (Å²) in [5.74, 6) is -3.28. The number of ether oxygens (including phenoxy) is 1. The van der Waals surface area contributed by atoms with E-state index < -0.39 is 54.8 Å². The predicted molar refractivity (Wildman–Crippen MR) is 152 cm³/mol. The molecule has 10 nitrogen and oxygen atoms in total. The SMILES string of the molecule is CCOC(=O)[C@H](Cc1ccccc1)N(CC(N)=O)C(=O)CN1C(=O)c2ccccc2NC(=O)[C@@H]1Cc1ccccc1. The van der Waals surface area contributed by atoms with Crippen LogP contribution >= 0.6 is 0 Å². The Morgan fingerprint density at radius 1 is 0.927 bits per heavy atom. The summed E-state index contributed by atoms with van der Waals surface area (Å²) in [5.41, 5.74) is 7.57. The fourth-order valence-electron chi connectivity index (χ4n) is 4.83. The molecule has 0 fully saturated rings. The average molecular weight is 557 g/mol. The van der Waals surface area contributed by atoms with Crippen LogP contribution in [-0.4, -0.2) is 71.2 Å². The largest absolute Gasteiger partial charge is 0.464 e. The highest BCUT2D eigenvalue weighted by atomic mass is 16.5. The molecule has 1 aliphatic rings. The monoisotopic (exact) mass is 556 g/mol. The van der Waals surface area contributed by atoms with Crippen molar-refractivity contribution in [2.24, 2.45) is 5.73 Å². The van der Waals surface area contributed by atoms with Crippen LogP contribution in [0.1, 0.15) is 28.4 Å². The molecule has 0 radical (unpaired) electrons. The summed E-state index contributed by atoms with van der Waals surface area (Å²) in [5, 5.41) is 2.80. The normalized spacial score (nSPS) is 15.2. The zero-order valence-electron chi connectivity index (χ0n) is 22.7. The molecule has 3 aromatic carbocycles. The molecule has 3 aromatic rings. The van der Waals surface area contributed by atoms with Gasteiger partial charge in [-0.1, -0.05) is 72.8 Å². The van der Waals surface area contributed by atoms with Gasteiger partial charge in [0.05, 0.1) is 17.9 Å². The number of carbonyl (C=O) groups excluding carboxylic acids is 5. The van der Waals surface area contributed by atoms with Crippen molar-refractivity contribution in [1.82, 2.24) is 9.80 Å². The maximum Gasteiger partial charge on any atom is 0.329 e. The van der Waals surface area contributed by atoms with Gasteiger partial charge in [0, 0.05) is 12.8 Å². The van der Waals surface area contributed by atoms with E-state index in [1.54, 1.807) is 55.5 Å². The van der Waals surface area contributed by atoms with Gasteiger partial charge >= 0.3 is 5.97 Å². The van der Waals surface area contributed by atoms with E-state index in [0.29, 0.717) is 5.69 Å². The standard InChI is InChI=1S/C31H32N4O6/c1-2-41-31(40)26(18-22-13-7-4-8-14-22)34(19-27(32)36)28(37)20-35-25(17-21-11-5-3-6-12-21)29(38)33-24-16-10-9-15-23(24)30(35)39/h3-16,25-26H,2,17-20H2,1H3,(H2,32,36)(H,33,38)/t25-,26-/m0/s1. The van der Waals surface area contributed by atoms with Crippen LogP contribution in [0, 0.1) is 0 Å². The molecule has 0 aliphatic carbocycles. The third-order valence-electron chi connectivity index (χ3n) is 6.79. The van der Waals surface area contributed by atoms with Crippen molar-refractivity contribution in [2.75, 3.05) is 25.0 Å². The van der Waals surface area contributed by atoms with Crippen LogP contribution in [0.25, 0.3) is 0 Å². The maximum atomic E-state index is 13.9. The number of hydrogen-bond donors (Lipinski definition) is 2. The van der Waals surface area contributed by atoms with Crippen LogP contribution in [0.2, 0.25) is 0 Å². The molecule has 0 aromatic heterocycles. The molecule has 212 valence electrons. The van der Waals surface area contributed by atoms with E-state index in [1.807, 2.05) is 36.4 Å². The molecule has 0 bridgehead atoms. The third kappa shape index (κ3) is 7.16. The van der Waals surface area contributed by atoms with Crippen LogP contribution in [-0.2, 0) is 36.8 Å². The minimum Gasteiger partial charge on any atom is -0.464 e. The summed E-state index contributed by atoms with van der Waals surface area (Å²) in [4.78, 5) is 68.7. The van der Waals surface area contributed by atoms with Crippen LogP contribution in [0.5, 0.6) is 0 Å². The Labute approximate surface area is 238 Å². The number of primary amides is 1. The first kappa shape index (κ1) is 29.0. The molecule has 0 saturated carbocycles. The molecule has 1 heterocycles. The molecule has 4 rings (SSSR count). The van der Waals surface area contributed by atoms with Gasteiger partial charge in [0.15, 0.2) is 0 Å². The molecule has 0 spiro atoms. The highest BCUT2D eigenvalue weighted by Gasteiger charge is 2.39. The summed E-state index contributed by atoms with van der Waals surface area (Å²) in [6.07, 6.45) is 0.199. The quantitative estimate of drug-likeness (QED) is 0.347. The number of para-hydroxylation sites is 1. The Hall–Kier alpha value is -4.99. The van der Waals surface area contributed by atoms with Gasteiger partial charge in [-0.05, 0) is 30.2 Å². The van der Waals surface area contributed by atoms with E-state index in [0.717, 1.165) is 16.0 Å². The number of hydrogen-bond acceptors (Lipinski definition) is 6. The lowest BCUT2D eigenvalue weighted by atomic mass is 10.0. The number of carbonyl (C=O) groups is 5. The van der Waals surface area contributed by atoms with Gasteiger partial charge in [-0.15, -0.1) is 0 Å². The second-order valence-electron chi connectivity index (χ2n) is 9.62.